The van der Waals surface area contributed by atoms with Crippen LogP contribution in [0, 0.1) is 16.6 Å². The van der Waals surface area contributed by atoms with Gasteiger partial charge in [-0.25, -0.2) is 0 Å². The number of ether oxygens (including phenoxy) is 1. The van der Waals surface area contributed by atoms with Crippen LogP contribution in [0.5, 0.6) is 11.5 Å². The standard InChI is InChI=1S/C66H52N4O3.Pt/c1-41-32-63(67-39-57(41)43-26-28-45(29-27-43)66(2,3)4)70-58-23-12-11-22-50(58)51-31-30-49(36-61(51)70)73-48-21-15-20-46(33-48)68-40-69(60-25-14-13-24-59(60)68)65-52(42-16-7-5-8-17-42)37-54-53-34-47(71)35-55(53)62(72)38-56(54)64(65)44-18-9-6-10-19-44;/h5-33,36-37,39,53,55H,34-35,38H2,1-4H3;/i1D3;. The molecule has 364 valence electrons. The van der Waals surface area contributed by atoms with Crippen molar-refractivity contribution in [3.8, 4) is 62.1 Å². The third kappa shape index (κ3) is 7.67. The zero-order valence-electron chi connectivity index (χ0n) is 44.1. The summed E-state index contributed by atoms with van der Waals surface area (Å²) in [5, 5.41) is 1.98. The molecule has 0 spiro atoms. The number of carbonyl (C=O) groups is 2. The fraction of sp³-hybridized carbons (Fsp3) is 0.152. The minimum Gasteiger partial charge on any atom is -0.0579 e. The van der Waals surface area contributed by atoms with Gasteiger partial charge in [0.1, 0.15) is 0 Å². The van der Waals surface area contributed by atoms with E-state index in [0.717, 1.165) is 92.5 Å². The van der Waals surface area contributed by atoms with Gasteiger partial charge in [-0.05, 0) is 29.0 Å². The van der Waals surface area contributed by atoms with Crippen molar-refractivity contribution in [3.63, 3.8) is 0 Å². The first-order valence-electron chi connectivity index (χ1n) is 26.7. The molecule has 0 aliphatic heterocycles. The van der Waals surface area contributed by atoms with Gasteiger partial charge in [0.2, 0.25) is 0 Å². The second kappa shape index (κ2) is 17.9. The van der Waals surface area contributed by atoms with Crippen LogP contribution in [0.2, 0.25) is 0 Å². The van der Waals surface area contributed by atoms with E-state index < -0.39 is 6.85 Å². The summed E-state index contributed by atoms with van der Waals surface area (Å²) in [6.07, 6.45) is 2.63. The Kier molecular flexibility index (Phi) is 10.3. The summed E-state index contributed by atoms with van der Waals surface area (Å²) in [6, 6.07) is 63.5. The number of carbonyl (C=O) groups excluding carboxylic acids is 2. The van der Waals surface area contributed by atoms with E-state index in [1.54, 1.807) is 12.3 Å². The molecule has 2 unspecified atom stereocenters. The van der Waals surface area contributed by atoms with E-state index in [4.69, 9.17) is 13.8 Å². The average Bonchev–Trinajstić information content (AvgIpc) is 4.10. The predicted molar refractivity (Wildman–Crippen MR) is 293 cm³/mol. The molecule has 0 amide bonds. The molecule has 11 aromatic rings. The van der Waals surface area contributed by atoms with Crippen molar-refractivity contribution < 1.29 is 37.8 Å². The topological polar surface area (TPSA) is 71.1 Å². The number of ketones is 2. The van der Waals surface area contributed by atoms with Gasteiger partial charge in [0.05, 0.1) is 0 Å². The summed E-state index contributed by atoms with van der Waals surface area (Å²) < 4.78 is 40.5. The Morgan fingerprint density at radius 2 is 1.24 bits per heavy atom. The molecular formula is C66H52N4O3Pt. The molecule has 2 atom stereocenters. The Morgan fingerprint density at radius 1 is 0.595 bits per heavy atom. The number of imidazole rings is 1. The van der Waals surface area contributed by atoms with Gasteiger partial charge in [-0.3, -0.25) is 0 Å². The number of aromatic nitrogens is 4. The Hall–Kier alpha value is -7.99. The van der Waals surface area contributed by atoms with Gasteiger partial charge in [-0.1, -0.05) is 57.2 Å². The van der Waals surface area contributed by atoms with Crippen LogP contribution in [-0.4, -0.2) is 30.3 Å². The van der Waals surface area contributed by atoms with Gasteiger partial charge >= 0.3 is 345 Å². The smallest absolute Gasteiger partial charge is 0.0579 e. The quantitative estimate of drug-likeness (QED) is 0.152. The molecule has 0 saturated heterocycles. The van der Waals surface area contributed by atoms with E-state index in [1.807, 2.05) is 83.4 Å². The van der Waals surface area contributed by atoms with Crippen molar-refractivity contribution in [3.05, 3.63) is 220 Å². The van der Waals surface area contributed by atoms with Crippen molar-refractivity contribution in [1.29, 1.82) is 0 Å². The number of rotatable bonds is 8. The normalized spacial score (nSPS) is 16.3. The second-order valence-electron chi connectivity index (χ2n) is 20.7. The molecule has 7 nitrogen and oxygen atoms in total. The van der Waals surface area contributed by atoms with E-state index in [-0.39, 0.29) is 40.8 Å². The molecule has 13 rings (SSSR count). The molecule has 8 aromatic carbocycles. The third-order valence-corrected chi connectivity index (χ3v) is 16.2. The molecule has 2 aliphatic rings. The number of nitrogens with zero attached hydrogens (tertiary/aromatic N) is 4. The van der Waals surface area contributed by atoms with Crippen LogP contribution < -0.4 is 4.74 Å². The van der Waals surface area contributed by atoms with Crippen LogP contribution >= 0.6 is 0 Å². The molecule has 74 heavy (non-hydrogen) atoms. The summed E-state index contributed by atoms with van der Waals surface area (Å²) in [6.45, 7) is 4.07. The van der Waals surface area contributed by atoms with E-state index >= 15 is 0 Å². The van der Waals surface area contributed by atoms with Crippen molar-refractivity contribution in [1.82, 2.24) is 18.7 Å². The maximum atomic E-state index is 14.1. The monoisotopic (exact) mass is 1150 g/mol. The molecule has 1 fully saturated rings. The summed E-state index contributed by atoms with van der Waals surface area (Å²) in [5.41, 5.74) is 14.4. The van der Waals surface area contributed by atoms with Crippen LogP contribution in [0.4, 0.5) is 0 Å². The number of pyridine rings is 1. The van der Waals surface area contributed by atoms with Gasteiger partial charge in [0.15, 0.2) is 0 Å². The second-order valence-corrected chi connectivity index (χ2v) is 21.7. The molecule has 8 heteroatoms. The summed E-state index contributed by atoms with van der Waals surface area (Å²) in [5.74, 6) is 1.55. The van der Waals surface area contributed by atoms with E-state index in [2.05, 4.69) is 152 Å². The number of fused-ring (bicyclic) bond motifs is 7. The fourth-order valence-electron chi connectivity index (χ4n) is 11.7. The van der Waals surface area contributed by atoms with Gasteiger partial charge in [0.25, 0.3) is 0 Å². The van der Waals surface area contributed by atoms with Crippen LogP contribution in [0.15, 0.2) is 194 Å². The number of aryl methyl sites for hydroxylation is 1. The molecule has 0 radical (unpaired) electrons. The van der Waals surface area contributed by atoms with Gasteiger partial charge < -0.3 is 0 Å². The molecule has 2 aliphatic carbocycles. The summed E-state index contributed by atoms with van der Waals surface area (Å²) in [4.78, 5) is 32.2. The Morgan fingerprint density at radius 3 is 1.99 bits per heavy atom. The Labute approximate surface area is 445 Å². The van der Waals surface area contributed by atoms with Gasteiger partial charge in [-0.2, -0.15) is 0 Å². The van der Waals surface area contributed by atoms with Crippen LogP contribution in [0.25, 0.3) is 83.4 Å². The zero-order valence-corrected chi connectivity index (χ0v) is 43.4. The van der Waals surface area contributed by atoms with Gasteiger partial charge in [-0.15, -0.1) is 0 Å². The van der Waals surface area contributed by atoms with Crippen LogP contribution in [0.3, 0.4) is 0 Å². The predicted octanol–water partition coefficient (Wildman–Crippen LogP) is 15.6. The van der Waals surface area contributed by atoms with Crippen molar-refractivity contribution >= 4 is 44.4 Å². The van der Waals surface area contributed by atoms with Crippen molar-refractivity contribution in [2.75, 3.05) is 0 Å². The fourth-order valence-corrected chi connectivity index (χ4v) is 12.8. The van der Waals surface area contributed by atoms with Gasteiger partial charge in [0, 0.05) is 15.9 Å². The average molecular weight is 1150 g/mol. The number of Topliss-reactive ketones (excluding diaryl/α,β-unsaturated/α-hetero) is 2. The van der Waals surface area contributed by atoms with Crippen LogP contribution in [0.1, 0.15) is 65.9 Å². The van der Waals surface area contributed by atoms with E-state index in [0.29, 0.717) is 35.7 Å². The van der Waals surface area contributed by atoms with E-state index in [9.17, 15) is 9.59 Å². The van der Waals surface area contributed by atoms with E-state index in [1.165, 1.54) is 0 Å². The molecular weight excluding hydrogens is 1090 g/mol. The van der Waals surface area contributed by atoms with Crippen molar-refractivity contribution in [2.24, 2.45) is 5.92 Å². The minimum atomic E-state index is -2.41. The first-order valence-corrected chi connectivity index (χ1v) is 26.3. The Bertz CT molecular complexity index is 4260. The van der Waals surface area contributed by atoms with Crippen molar-refractivity contribution in [2.45, 2.75) is 58.2 Å². The molecule has 0 bridgehead atoms. The molecule has 3 heterocycles. The zero-order chi connectivity index (χ0) is 52.9. The molecule has 3 aromatic heterocycles. The molecule has 0 N–H and O–H groups in total. The SMILES string of the molecule is [2H]C([2H])([2H])c1cc(-n2c3ccccc3c3ccc(Oc4cccc(-n5[c](=[Pt])n(-c6c(-c7ccccc7)cc7c(c6-c6ccccc6)CC(=O)C6CC(=O)CC76)c6ccccc65)c4)cc32)ncc1-c1ccc(C(C)(C)C)cc1. The Balaban J connectivity index is 0.939. The third-order valence-electron chi connectivity index (χ3n) is 15.2. The number of hydrogen-bond acceptors (Lipinski definition) is 4. The maximum absolute atomic E-state index is 14.1. The summed E-state index contributed by atoms with van der Waals surface area (Å²) in [7, 11) is 0. The van der Waals surface area contributed by atoms with Crippen LogP contribution in [-0.2, 0) is 40.8 Å². The minimum absolute atomic E-state index is 0.0462. The first-order chi connectivity index (χ1) is 37.2. The molecule has 1 saturated carbocycles. The number of benzene rings is 8. The first kappa shape index (κ1) is 42.5. The summed E-state index contributed by atoms with van der Waals surface area (Å²) >= 11 is 2.44. The number of hydrogen-bond donors (Lipinski definition) is 0. The number of para-hydroxylation sites is 3.